The van der Waals surface area contributed by atoms with Gasteiger partial charge in [0, 0.05) is 11.3 Å². The fraction of sp³-hybridized carbons (Fsp3) is 0.143. The Hall–Kier alpha value is -1.10. The van der Waals surface area contributed by atoms with Gasteiger partial charge in [0.2, 0.25) is 0 Å². The van der Waals surface area contributed by atoms with Gasteiger partial charge in [-0.2, -0.15) is 0 Å². The normalized spacial score (nSPS) is 10.4. The second-order valence-electron chi connectivity index (χ2n) is 4.08. The van der Waals surface area contributed by atoms with Crippen molar-refractivity contribution < 1.29 is 4.79 Å². The van der Waals surface area contributed by atoms with E-state index in [2.05, 4.69) is 26.2 Å². The van der Waals surface area contributed by atoms with E-state index in [1.54, 1.807) is 24.3 Å². The zero-order chi connectivity index (χ0) is 14.7. The quantitative estimate of drug-likeness (QED) is 0.772. The summed E-state index contributed by atoms with van der Waals surface area (Å²) in [4.78, 5) is 16.4. The molecule has 0 aliphatic carbocycles. The number of hydrogen-bond acceptors (Lipinski definition) is 2. The molecule has 0 saturated heterocycles. The maximum absolute atomic E-state index is 12.2. The van der Waals surface area contributed by atoms with Gasteiger partial charge in [-0.1, -0.05) is 36.2 Å². The van der Waals surface area contributed by atoms with Crippen LogP contribution in [0.3, 0.4) is 0 Å². The van der Waals surface area contributed by atoms with Crippen molar-refractivity contribution in [1.29, 1.82) is 0 Å². The first-order valence-corrected chi connectivity index (χ1v) is 7.48. The molecule has 0 aliphatic rings. The van der Waals surface area contributed by atoms with Crippen LogP contribution in [-0.4, -0.2) is 10.9 Å². The largest absolute Gasteiger partial charge is 0.321 e. The van der Waals surface area contributed by atoms with Crippen LogP contribution in [-0.2, 0) is 6.42 Å². The van der Waals surface area contributed by atoms with Crippen LogP contribution in [0.15, 0.2) is 34.8 Å². The van der Waals surface area contributed by atoms with Crippen molar-refractivity contribution in [2.45, 2.75) is 13.3 Å². The average Bonchev–Trinajstić information content (AvgIpc) is 2.43. The van der Waals surface area contributed by atoms with Crippen LogP contribution in [0.2, 0.25) is 10.2 Å². The number of halogens is 3. The third-order valence-corrected chi connectivity index (χ3v) is 4.26. The van der Waals surface area contributed by atoms with E-state index in [-0.39, 0.29) is 5.91 Å². The van der Waals surface area contributed by atoms with Crippen LogP contribution < -0.4 is 5.32 Å². The second-order valence-corrected chi connectivity index (χ2v) is 5.67. The van der Waals surface area contributed by atoms with Gasteiger partial charge in [0.05, 0.1) is 15.2 Å². The number of carbonyl (C=O) groups excluding carboxylic acids is 1. The smallest absolute Gasteiger partial charge is 0.255 e. The van der Waals surface area contributed by atoms with Gasteiger partial charge in [-0.3, -0.25) is 4.79 Å². The fourth-order valence-electron chi connectivity index (χ4n) is 1.66. The van der Waals surface area contributed by atoms with Gasteiger partial charge in [0.15, 0.2) is 0 Å². The highest BCUT2D eigenvalue weighted by atomic mass is 79.9. The zero-order valence-electron chi connectivity index (χ0n) is 10.6. The lowest BCUT2D eigenvalue weighted by molar-refractivity contribution is 0.102. The number of nitrogens with zero attached hydrogens (tertiary/aromatic N) is 1. The minimum Gasteiger partial charge on any atom is -0.321 e. The summed E-state index contributed by atoms with van der Waals surface area (Å²) < 4.78 is 0.644. The maximum Gasteiger partial charge on any atom is 0.255 e. The highest BCUT2D eigenvalue weighted by molar-refractivity contribution is 9.10. The highest BCUT2D eigenvalue weighted by Crippen LogP contribution is 2.30. The van der Waals surface area contributed by atoms with Crippen molar-refractivity contribution >= 4 is 50.7 Å². The number of rotatable bonds is 3. The van der Waals surface area contributed by atoms with Gasteiger partial charge in [-0.15, -0.1) is 0 Å². The van der Waals surface area contributed by atoms with E-state index in [9.17, 15) is 4.79 Å². The maximum atomic E-state index is 12.2. The van der Waals surface area contributed by atoms with E-state index >= 15 is 0 Å². The third kappa shape index (κ3) is 3.51. The molecule has 0 bridgehead atoms. The lowest BCUT2D eigenvalue weighted by Gasteiger charge is -2.09. The van der Waals surface area contributed by atoms with Crippen LogP contribution in [0.1, 0.15) is 23.0 Å². The van der Waals surface area contributed by atoms with E-state index in [4.69, 9.17) is 23.2 Å². The van der Waals surface area contributed by atoms with Gasteiger partial charge in [0.1, 0.15) is 5.15 Å². The molecule has 20 heavy (non-hydrogen) atoms. The Morgan fingerprint density at radius 3 is 2.80 bits per heavy atom. The second kappa shape index (κ2) is 6.57. The van der Waals surface area contributed by atoms with Crippen molar-refractivity contribution in [2.24, 2.45) is 0 Å². The van der Waals surface area contributed by atoms with Gasteiger partial charge in [-0.25, -0.2) is 4.98 Å². The lowest BCUT2D eigenvalue weighted by atomic mass is 10.2. The Bertz CT molecular complexity index is 662. The minimum atomic E-state index is -0.257. The van der Waals surface area contributed by atoms with Crippen molar-refractivity contribution in [2.75, 3.05) is 5.32 Å². The molecule has 3 nitrogen and oxygen atoms in total. The molecular formula is C14H11BrCl2N2O. The Balaban J connectivity index is 2.28. The topological polar surface area (TPSA) is 42.0 Å². The molecule has 0 fully saturated rings. The zero-order valence-corrected chi connectivity index (χ0v) is 13.7. The van der Waals surface area contributed by atoms with Crippen LogP contribution in [0, 0.1) is 0 Å². The first kappa shape index (κ1) is 15.3. The number of aromatic nitrogens is 1. The standard InChI is InChI=1S/C14H11BrCl2N2O/c1-2-9-6-8(7-12(17)18-9)14(20)19-11-5-3-4-10(16)13(11)15/h3-7H,2H2,1H3,(H,19,20). The fourth-order valence-corrected chi connectivity index (χ4v) is 2.42. The number of amides is 1. The summed E-state index contributed by atoms with van der Waals surface area (Å²) in [5.41, 5.74) is 1.84. The molecule has 1 amide bonds. The van der Waals surface area contributed by atoms with Crippen molar-refractivity contribution in [1.82, 2.24) is 4.98 Å². The van der Waals surface area contributed by atoms with Crippen LogP contribution >= 0.6 is 39.1 Å². The van der Waals surface area contributed by atoms with Gasteiger partial charge < -0.3 is 5.32 Å². The predicted octanol–water partition coefficient (Wildman–Crippen LogP) is 4.97. The van der Waals surface area contributed by atoms with Crippen LogP contribution in [0.4, 0.5) is 5.69 Å². The molecule has 0 radical (unpaired) electrons. The number of carbonyl (C=O) groups is 1. The Morgan fingerprint density at radius 1 is 1.35 bits per heavy atom. The van der Waals surface area contributed by atoms with E-state index in [1.165, 1.54) is 6.07 Å². The Labute approximate surface area is 135 Å². The molecule has 6 heteroatoms. The van der Waals surface area contributed by atoms with Gasteiger partial charge in [0.25, 0.3) is 5.91 Å². The number of anilines is 1. The summed E-state index contributed by atoms with van der Waals surface area (Å²) in [6, 6.07) is 8.52. The molecule has 1 aromatic heterocycles. The summed E-state index contributed by atoms with van der Waals surface area (Å²) >= 11 is 15.2. The molecule has 0 spiro atoms. The summed E-state index contributed by atoms with van der Waals surface area (Å²) in [5.74, 6) is -0.257. The molecule has 0 atom stereocenters. The average molecular weight is 374 g/mol. The van der Waals surface area contributed by atoms with Gasteiger partial charge in [-0.05, 0) is 46.6 Å². The lowest BCUT2D eigenvalue weighted by Crippen LogP contribution is -2.13. The van der Waals surface area contributed by atoms with Gasteiger partial charge >= 0.3 is 0 Å². The summed E-state index contributed by atoms with van der Waals surface area (Å²) in [6.07, 6.45) is 0.710. The van der Waals surface area contributed by atoms with Crippen LogP contribution in [0.25, 0.3) is 0 Å². The number of hydrogen-bond donors (Lipinski definition) is 1. The van der Waals surface area contributed by atoms with E-state index in [0.29, 0.717) is 32.3 Å². The molecule has 0 saturated carbocycles. The monoisotopic (exact) mass is 372 g/mol. The molecular weight excluding hydrogens is 363 g/mol. The summed E-state index contributed by atoms with van der Waals surface area (Å²) in [5, 5.41) is 3.63. The van der Waals surface area contributed by atoms with Crippen LogP contribution in [0.5, 0.6) is 0 Å². The number of benzene rings is 1. The number of aryl methyl sites for hydroxylation is 1. The van der Waals surface area contributed by atoms with Crippen molar-refractivity contribution in [3.8, 4) is 0 Å². The molecule has 0 aliphatic heterocycles. The SMILES string of the molecule is CCc1cc(C(=O)Nc2cccc(Cl)c2Br)cc(Cl)n1. The summed E-state index contributed by atoms with van der Waals surface area (Å²) in [6.45, 7) is 1.95. The Morgan fingerprint density at radius 2 is 2.10 bits per heavy atom. The number of nitrogens with one attached hydrogen (secondary N) is 1. The number of pyridine rings is 1. The van der Waals surface area contributed by atoms with E-state index < -0.39 is 0 Å². The van der Waals surface area contributed by atoms with Crippen molar-refractivity contribution in [3.05, 3.63) is 56.2 Å². The molecule has 0 unspecified atom stereocenters. The first-order valence-electron chi connectivity index (χ1n) is 5.93. The highest BCUT2D eigenvalue weighted by Gasteiger charge is 2.12. The molecule has 1 N–H and O–H groups in total. The molecule has 2 rings (SSSR count). The molecule has 1 heterocycles. The minimum absolute atomic E-state index is 0.257. The van der Waals surface area contributed by atoms with E-state index in [0.717, 1.165) is 5.69 Å². The third-order valence-electron chi connectivity index (χ3n) is 2.67. The Kier molecular flexibility index (Phi) is 5.02. The first-order chi connectivity index (χ1) is 9.51. The summed E-state index contributed by atoms with van der Waals surface area (Å²) in [7, 11) is 0. The van der Waals surface area contributed by atoms with Crippen molar-refractivity contribution in [3.63, 3.8) is 0 Å². The van der Waals surface area contributed by atoms with E-state index in [1.807, 2.05) is 6.92 Å². The molecule has 2 aromatic rings. The molecule has 1 aromatic carbocycles. The molecule has 104 valence electrons. The predicted molar refractivity (Wildman–Crippen MR) is 85.7 cm³/mol.